The Morgan fingerprint density at radius 1 is 0.356 bits per heavy atom. The van der Waals surface area contributed by atoms with Crippen LogP contribution in [0, 0.1) is 6.92 Å². The van der Waals surface area contributed by atoms with Gasteiger partial charge in [-0.3, -0.25) is 0 Å². The van der Waals surface area contributed by atoms with Crippen molar-refractivity contribution in [1.82, 2.24) is 9.13 Å². The van der Waals surface area contributed by atoms with Crippen LogP contribution in [0.3, 0.4) is 0 Å². The zero-order valence-corrected chi connectivity index (χ0v) is 25.0. The first kappa shape index (κ1) is 25.6. The predicted octanol–water partition coefficient (Wildman–Crippen LogP) is 11.5. The van der Waals surface area contributed by atoms with Gasteiger partial charge in [-0.2, -0.15) is 0 Å². The summed E-state index contributed by atoms with van der Waals surface area (Å²) < 4.78 is 4.88. The Kier molecular flexibility index (Phi) is 5.76. The van der Waals surface area contributed by atoms with Crippen LogP contribution in [0.25, 0.3) is 77.2 Å². The van der Waals surface area contributed by atoms with Crippen molar-refractivity contribution in [1.29, 1.82) is 0 Å². The molecule has 2 nitrogen and oxygen atoms in total. The Morgan fingerprint density at radius 3 is 1.69 bits per heavy atom. The van der Waals surface area contributed by atoms with Crippen LogP contribution in [0.5, 0.6) is 0 Å². The highest BCUT2D eigenvalue weighted by molar-refractivity contribution is 6.26. The van der Waals surface area contributed by atoms with E-state index in [0.29, 0.717) is 0 Å². The van der Waals surface area contributed by atoms with Gasteiger partial charge in [0.25, 0.3) is 0 Å². The lowest BCUT2D eigenvalue weighted by Gasteiger charge is -2.12. The third kappa shape index (κ3) is 4.03. The number of aromatic nitrogens is 2. The summed E-state index contributed by atoms with van der Waals surface area (Å²) in [6.07, 6.45) is 0. The van der Waals surface area contributed by atoms with E-state index < -0.39 is 0 Å². The lowest BCUT2D eigenvalue weighted by Crippen LogP contribution is -1.95. The number of para-hydroxylation sites is 3. The van der Waals surface area contributed by atoms with Crippen molar-refractivity contribution in [2.24, 2.45) is 0 Å². The Balaban J connectivity index is 1.31. The molecule has 0 aliphatic rings. The summed E-state index contributed by atoms with van der Waals surface area (Å²) in [5, 5.41) is 5.07. The highest BCUT2D eigenvalue weighted by Gasteiger charge is 2.20. The summed E-state index contributed by atoms with van der Waals surface area (Å²) in [4.78, 5) is 0. The molecule has 9 aromatic rings. The van der Waals surface area contributed by atoms with Crippen LogP contribution < -0.4 is 0 Å². The van der Waals surface area contributed by atoms with Gasteiger partial charge >= 0.3 is 0 Å². The molecule has 0 unspecified atom stereocenters. The van der Waals surface area contributed by atoms with Crippen molar-refractivity contribution < 1.29 is 0 Å². The highest BCUT2D eigenvalue weighted by Crippen LogP contribution is 2.42. The number of nitrogens with zero attached hydrogens (tertiary/aromatic N) is 2. The van der Waals surface area contributed by atoms with Crippen molar-refractivity contribution in [3.05, 3.63) is 169 Å². The maximum absolute atomic E-state index is 2.44. The SMILES string of the molecule is Cc1cccc(-c2cccc(-c3cccc(-n4c5ccccc5c5c4ccc4c6ccccc6n(-c6ccccc6)c45)c3)c2)c1. The third-order valence-electron chi connectivity index (χ3n) is 9.14. The molecule has 2 heterocycles. The molecule has 0 amide bonds. The average molecular weight is 575 g/mol. The zero-order chi connectivity index (χ0) is 29.9. The summed E-state index contributed by atoms with van der Waals surface area (Å²) in [6, 6.07) is 59.6. The van der Waals surface area contributed by atoms with Gasteiger partial charge in [0.2, 0.25) is 0 Å². The van der Waals surface area contributed by atoms with E-state index in [0.717, 1.165) is 5.69 Å². The molecule has 0 saturated heterocycles. The average Bonchev–Trinajstić information content (AvgIpc) is 3.62. The van der Waals surface area contributed by atoms with Gasteiger partial charge in [0, 0.05) is 32.9 Å². The molecule has 0 aliphatic carbocycles. The fourth-order valence-corrected chi connectivity index (χ4v) is 7.16. The van der Waals surface area contributed by atoms with Gasteiger partial charge in [0.1, 0.15) is 0 Å². The van der Waals surface area contributed by atoms with Crippen LogP contribution in [-0.4, -0.2) is 9.13 Å². The molecule has 0 radical (unpaired) electrons. The normalized spacial score (nSPS) is 11.7. The molecule has 0 spiro atoms. The minimum atomic E-state index is 1.15. The lowest BCUT2D eigenvalue weighted by molar-refractivity contribution is 1.17. The van der Waals surface area contributed by atoms with E-state index in [-0.39, 0.29) is 0 Å². The number of rotatable bonds is 4. The number of hydrogen-bond donors (Lipinski definition) is 0. The second-order valence-corrected chi connectivity index (χ2v) is 11.9. The molecule has 212 valence electrons. The summed E-state index contributed by atoms with van der Waals surface area (Å²) in [7, 11) is 0. The van der Waals surface area contributed by atoms with Crippen molar-refractivity contribution >= 4 is 43.6 Å². The van der Waals surface area contributed by atoms with Crippen LogP contribution in [-0.2, 0) is 0 Å². The smallest absolute Gasteiger partial charge is 0.0641 e. The molecular formula is C43H30N2. The number of hydrogen-bond acceptors (Lipinski definition) is 0. The molecule has 0 bridgehead atoms. The van der Waals surface area contributed by atoms with Gasteiger partial charge < -0.3 is 9.13 Å². The topological polar surface area (TPSA) is 9.86 Å². The van der Waals surface area contributed by atoms with Crippen LogP contribution in [0.15, 0.2) is 164 Å². The summed E-state index contributed by atoms with van der Waals surface area (Å²) >= 11 is 0. The van der Waals surface area contributed by atoms with E-state index in [1.807, 2.05) is 0 Å². The van der Waals surface area contributed by atoms with Crippen LogP contribution in [0.1, 0.15) is 5.56 Å². The van der Waals surface area contributed by atoms with E-state index in [4.69, 9.17) is 0 Å². The molecule has 0 saturated carbocycles. The van der Waals surface area contributed by atoms with Crippen LogP contribution >= 0.6 is 0 Å². The maximum atomic E-state index is 2.44. The van der Waals surface area contributed by atoms with Crippen LogP contribution in [0.2, 0.25) is 0 Å². The number of aryl methyl sites for hydroxylation is 1. The van der Waals surface area contributed by atoms with E-state index in [9.17, 15) is 0 Å². The Morgan fingerprint density at radius 2 is 0.933 bits per heavy atom. The monoisotopic (exact) mass is 574 g/mol. The number of benzene rings is 7. The van der Waals surface area contributed by atoms with Gasteiger partial charge in [0.15, 0.2) is 0 Å². The Labute approximate surface area is 262 Å². The van der Waals surface area contributed by atoms with E-state index in [1.54, 1.807) is 0 Å². The minimum absolute atomic E-state index is 1.15. The van der Waals surface area contributed by atoms with E-state index in [1.165, 1.54) is 77.1 Å². The lowest BCUT2D eigenvalue weighted by atomic mass is 9.98. The van der Waals surface area contributed by atoms with Crippen molar-refractivity contribution in [3.8, 4) is 33.6 Å². The van der Waals surface area contributed by atoms with Crippen LogP contribution in [0.4, 0.5) is 0 Å². The van der Waals surface area contributed by atoms with Crippen molar-refractivity contribution in [2.45, 2.75) is 6.92 Å². The van der Waals surface area contributed by atoms with E-state index >= 15 is 0 Å². The first-order valence-electron chi connectivity index (χ1n) is 15.5. The molecule has 0 aliphatic heterocycles. The fraction of sp³-hybridized carbons (Fsp3) is 0.0233. The zero-order valence-electron chi connectivity index (χ0n) is 25.0. The predicted molar refractivity (Wildman–Crippen MR) is 191 cm³/mol. The van der Waals surface area contributed by atoms with Gasteiger partial charge in [-0.1, -0.05) is 121 Å². The molecule has 9 rings (SSSR count). The Hall–Kier alpha value is -5.86. The second kappa shape index (κ2) is 10.1. The summed E-state index contributed by atoms with van der Waals surface area (Å²) in [5.41, 5.74) is 13.4. The second-order valence-electron chi connectivity index (χ2n) is 11.9. The summed E-state index contributed by atoms with van der Waals surface area (Å²) in [5.74, 6) is 0. The fourth-order valence-electron chi connectivity index (χ4n) is 7.16. The maximum Gasteiger partial charge on any atom is 0.0641 e. The van der Waals surface area contributed by atoms with E-state index in [2.05, 4.69) is 180 Å². The minimum Gasteiger partial charge on any atom is -0.309 e. The summed E-state index contributed by atoms with van der Waals surface area (Å²) in [6.45, 7) is 2.15. The molecule has 45 heavy (non-hydrogen) atoms. The highest BCUT2D eigenvalue weighted by atomic mass is 15.0. The van der Waals surface area contributed by atoms with Crippen molar-refractivity contribution in [2.75, 3.05) is 0 Å². The molecule has 2 aromatic heterocycles. The first-order valence-corrected chi connectivity index (χ1v) is 15.5. The first-order chi connectivity index (χ1) is 22.2. The molecule has 0 atom stereocenters. The quantitative estimate of drug-likeness (QED) is 0.198. The third-order valence-corrected chi connectivity index (χ3v) is 9.14. The molecule has 2 heteroatoms. The number of fused-ring (bicyclic) bond motifs is 7. The molecule has 0 fully saturated rings. The molecule has 0 N–H and O–H groups in total. The molecular weight excluding hydrogens is 544 g/mol. The largest absolute Gasteiger partial charge is 0.309 e. The van der Waals surface area contributed by atoms with Gasteiger partial charge in [-0.15, -0.1) is 0 Å². The molecule has 7 aromatic carbocycles. The van der Waals surface area contributed by atoms with Gasteiger partial charge in [-0.05, 0) is 77.7 Å². The Bertz CT molecular complexity index is 2550. The van der Waals surface area contributed by atoms with Gasteiger partial charge in [-0.25, -0.2) is 0 Å². The van der Waals surface area contributed by atoms with Crippen molar-refractivity contribution in [3.63, 3.8) is 0 Å². The standard InChI is InChI=1S/C43H30N2/c1-29-12-9-13-30(26-29)31-14-10-15-32(27-31)33-16-11-19-35(28-33)44-40-23-8-6-21-38(40)42-41(44)25-24-37-36-20-5-7-22-39(36)45(43(37)42)34-17-3-2-4-18-34/h2-28H,1H3. The van der Waals surface area contributed by atoms with Gasteiger partial charge in [0.05, 0.1) is 22.1 Å².